The molecule has 3 unspecified atom stereocenters. The summed E-state index contributed by atoms with van der Waals surface area (Å²) in [6.45, 7) is 2.64. The van der Waals surface area contributed by atoms with Gasteiger partial charge in [-0.3, -0.25) is 0 Å². The first-order chi connectivity index (χ1) is 21.3. The molecule has 6 nitrogen and oxygen atoms in total. The maximum atomic E-state index is 6.88. The van der Waals surface area contributed by atoms with Crippen molar-refractivity contribution in [3.63, 3.8) is 0 Å². The van der Waals surface area contributed by atoms with Gasteiger partial charge in [0.1, 0.15) is 24.4 Å². The summed E-state index contributed by atoms with van der Waals surface area (Å²) in [4.78, 5) is 0. The van der Waals surface area contributed by atoms with E-state index in [1.807, 2.05) is 72.8 Å². The van der Waals surface area contributed by atoms with E-state index in [1.54, 1.807) is 0 Å². The van der Waals surface area contributed by atoms with Crippen molar-refractivity contribution in [2.24, 2.45) is 0 Å². The Hall–Kier alpha value is -3.36. The maximum Gasteiger partial charge on any atom is 0.197 e. The topological polar surface area (TPSA) is 55.4 Å². The second-order valence-corrected chi connectivity index (χ2v) is 11.2. The van der Waals surface area contributed by atoms with Crippen LogP contribution in [0, 0.1) is 0 Å². The summed E-state index contributed by atoms with van der Waals surface area (Å²) in [7, 11) is 0. The van der Waals surface area contributed by atoms with Crippen molar-refractivity contribution < 1.29 is 28.4 Å². The Morgan fingerprint density at radius 2 is 1.02 bits per heavy atom. The van der Waals surface area contributed by atoms with Crippen molar-refractivity contribution in [3.05, 3.63) is 144 Å². The van der Waals surface area contributed by atoms with E-state index in [0.717, 1.165) is 28.7 Å². The van der Waals surface area contributed by atoms with E-state index >= 15 is 0 Å². The zero-order chi connectivity index (χ0) is 29.2. The van der Waals surface area contributed by atoms with Gasteiger partial charge in [0.05, 0.1) is 39.6 Å². The molecule has 4 aromatic rings. The van der Waals surface area contributed by atoms with Crippen LogP contribution in [0.15, 0.2) is 121 Å². The van der Waals surface area contributed by atoms with E-state index in [0.29, 0.717) is 46.1 Å². The first-order valence-electron chi connectivity index (χ1n) is 15.2. The van der Waals surface area contributed by atoms with Crippen LogP contribution in [-0.4, -0.2) is 43.4 Å². The summed E-state index contributed by atoms with van der Waals surface area (Å²) in [5.41, 5.74) is 4.34. The molecule has 2 saturated heterocycles. The molecule has 0 bridgehead atoms. The van der Waals surface area contributed by atoms with E-state index in [-0.39, 0.29) is 0 Å². The third-order valence-electron chi connectivity index (χ3n) is 8.03. The lowest BCUT2D eigenvalue weighted by atomic mass is 9.90. The van der Waals surface area contributed by atoms with Crippen LogP contribution in [0.3, 0.4) is 0 Å². The van der Waals surface area contributed by atoms with Crippen LogP contribution < -0.4 is 0 Å². The van der Waals surface area contributed by atoms with Gasteiger partial charge in [-0.25, -0.2) is 0 Å². The summed E-state index contributed by atoms with van der Waals surface area (Å²) >= 11 is 0. The molecule has 0 radical (unpaired) electrons. The number of benzene rings is 4. The second kappa shape index (κ2) is 14.9. The molecule has 0 amide bonds. The predicted molar refractivity (Wildman–Crippen MR) is 164 cm³/mol. The van der Waals surface area contributed by atoms with Gasteiger partial charge in [-0.2, -0.15) is 0 Å². The van der Waals surface area contributed by atoms with Crippen LogP contribution >= 0.6 is 0 Å². The number of ether oxygens (including phenoxy) is 6. The fraction of sp³-hybridized carbons (Fsp3) is 0.351. The molecule has 0 aromatic heterocycles. The average Bonchev–Trinajstić information content (AvgIpc) is 3.53. The number of hydrogen-bond acceptors (Lipinski definition) is 6. The molecule has 2 aliphatic rings. The predicted octanol–water partition coefficient (Wildman–Crippen LogP) is 6.86. The molecule has 6 rings (SSSR count). The molecule has 0 aliphatic carbocycles. The summed E-state index contributed by atoms with van der Waals surface area (Å²) in [6.07, 6.45) is -0.282. The Labute approximate surface area is 254 Å². The molecular weight excluding hydrogens is 540 g/mol. The number of rotatable bonds is 13. The van der Waals surface area contributed by atoms with E-state index in [4.69, 9.17) is 28.4 Å². The lowest BCUT2D eigenvalue weighted by Crippen LogP contribution is -2.67. The minimum absolute atomic E-state index is 0.329. The van der Waals surface area contributed by atoms with Crippen molar-refractivity contribution in [2.45, 2.75) is 69.5 Å². The monoisotopic (exact) mass is 580 g/mol. The fourth-order valence-electron chi connectivity index (χ4n) is 5.87. The molecule has 4 aromatic carbocycles. The van der Waals surface area contributed by atoms with Crippen LogP contribution in [-0.2, 0) is 54.8 Å². The van der Waals surface area contributed by atoms with Crippen molar-refractivity contribution in [1.29, 1.82) is 0 Å². The summed E-state index contributed by atoms with van der Waals surface area (Å²) in [5, 5.41) is 0. The average molecular weight is 581 g/mol. The van der Waals surface area contributed by atoms with Gasteiger partial charge in [-0.15, -0.1) is 0 Å². The van der Waals surface area contributed by atoms with Crippen molar-refractivity contribution in [2.75, 3.05) is 13.2 Å². The molecule has 0 saturated carbocycles. The van der Waals surface area contributed by atoms with Gasteiger partial charge in [-0.05, 0) is 28.7 Å². The standard InChI is InChI=1S/C37H40O6/c1-5-14-29(15-6-1)24-38-28-33-34(39-25-30-16-7-2-8-17-30)35(40-26-31-18-9-3-10-19-31)36(37(43-33)22-13-23-42-37)41-27-32-20-11-4-12-21-32/h1-12,14-21,33-36H,13,22-28H2/t33?,34-,35?,36?,37-/m1/s1. The minimum atomic E-state index is -0.955. The molecule has 2 fully saturated rings. The molecule has 2 heterocycles. The van der Waals surface area contributed by atoms with Crippen molar-refractivity contribution >= 4 is 0 Å². The Morgan fingerprint density at radius 3 is 1.51 bits per heavy atom. The van der Waals surface area contributed by atoms with Crippen LogP contribution in [0.4, 0.5) is 0 Å². The molecule has 224 valence electrons. The Morgan fingerprint density at radius 1 is 0.558 bits per heavy atom. The molecule has 2 aliphatic heterocycles. The second-order valence-electron chi connectivity index (χ2n) is 11.2. The largest absolute Gasteiger partial charge is 0.374 e. The molecule has 43 heavy (non-hydrogen) atoms. The Kier molecular flexibility index (Phi) is 10.3. The van der Waals surface area contributed by atoms with Gasteiger partial charge in [-0.1, -0.05) is 121 Å². The highest BCUT2D eigenvalue weighted by Gasteiger charge is 2.59. The van der Waals surface area contributed by atoms with E-state index in [9.17, 15) is 0 Å². The van der Waals surface area contributed by atoms with Gasteiger partial charge < -0.3 is 28.4 Å². The third-order valence-corrected chi connectivity index (χ3v) is 8.03. The Bertz CT molecular complexity index is 1350. The Balaban J connectivity index is 1.29. The van der Waals surface area contributed by atoms with Gasteiger partial charge in [0.15, 0.2) is 5.79 Å². The molecule has 1 spiro atoms. The fourth-order valence-corrected chi connectivity index (χ4v) is 5.87. The molecule has 5 atom stereocenters. The van der Waals surface area contributed by atoms with E-state index in [1.165, 1.54) is 0 Å². The highest BCUT2D eigenvalue weighted by atomic mass is 16.7. The van der Waals surface area contributed by atoms with Crippen LogP contribution in [0.2, 0.25) is 0 Å². The van der Waals surface area contributed by atoms with Crippen molar-refractivity contribution in [1.82, 2.24) is 0 Å². The first kappa shape index (κ1) is 29.7. The third kappa shape index (κ3) is 7.78. The van der Waals surface area contributed by atoms with Crippen LogP contribution in [0.1, 0.15) is 35.1 Å². The summed E-state index contributed by atoms with van der Waals surface area (Å²) in [5.74, 6) is -0.955. The lowest BCUT2D eigenvalue weighted by molar-refractivity contribution is -0.371. The summed E-state index contributed by atoms with van der Waals surface area (Å²) in [6, 6.07) is 40.7. The van der Waals surface area contributed by atoms with E-state index < -0.39 is 30.2 Å². The normalized spacial score (nSPS) is 25.2. The minimum Gasteiger partial charge on any atom is -0.374 e. The molecule has 6 heteroatoms. The van der Waals surface area contributed by atoms with Gasteiger partial charge in [0, 0.05) is 6.42 Å². The zero-order valence-corrected chi connectivity index (χ0v) is 24.5. The zero-order valence-electron chi connectivity index (χ0n) is 24.5. The molecular formula is C37H40O6. The molecule has 0 N–H and O–H groups in total. The highest BCUT2D eigenvalue weighted by molar-refractivity contribution is 5.17. The van der Waals surface area contributed by atoms with Gasteiger partial charge in [0.2, 0.25) is 0 Å². The van der Waals surface area contributed by atoms with Gasteiger partial charge in [0.25, 0.3) is 0 Å². The quantitative estimate of drug-likeness (QED) is 0.172. The smallest absolute Gasteiger partial charge is 0.197 e. The van der Waals surface area contributed by atoms with Gasteiger partial charge >= 0.3 is 0 Å². The number of hydrogen-bond donors (Lipinski definition) is 0. The first-order valence-corrected chi connectivity index (χ1v) is 15.2. The summed E-state index contributed by atoms with van der Waals surface area (Å²) < 4.78 is 39.8. The SMILES string of the molecule is c1ccc(COCC2O[C@]3(CCCO3)C(OCc3ccccc3)C(OCc3ccccc3)[C@@H]2OCc2ccccc2)cc1. The highest BCUT2D eigenvalue weighted by Crippen LogP contribution is 2.43. The van der Waals surface area contributed by atoms with Crippen LogP contribution in [0.5, 0.6) is 0 Å². The lowest BCUT2D eigenvalue weighted by Gasteiger charge is -2.50. The van der Waals surface area contributed by atoms with Crippen LogP contribution in [0.25, 0.3) is 0 Å². The van der Waals surface area contributed by atoms with E-state index in [2.05, 4.69) is 48.5 Å². The maximum absolute atomic E-state index is 6.88. The van der Waals surface area contributed by atoms with Crippen molar-refractivity contribution in [3.8, 4) is 0 Å².